The molecule has 2 rings (SSSR count). The maximum absolute atomic E-state index is 13.1. The molecular weight excluding hydrogens is 364 g/mol. The molecule has 0 saturated heterocycles. The number of benzene rings is 2. The van der Waals surface area contributed by atoms with Crippen molar-refractivity contribution in [1.29, 1.82) is 0 Å². The molecule has 0 spiro atoms. The van der Waals surface area contributed by atoms with Gasteiger partial charge in [-0.05, 0) is 50.1 Å². The number of para-hydroxylation sites is 2. The molecule has 1 atom stereocenters. The van der Waals surface area contributed by atoms with E-state index in [4.69, 9.17) is 4.74 Å². The number of rotatable bonds is 7. The highest BCUT2D eigenvalue weighted by Gasteiger charge is 2.25. The first-order valence-electron chi connectivity index (χ1n) is 8.75. The van der Waals surface area contributed by atoms with Crippen LogP contribution in [0.15, 0.2) is 47.4 Å². The Morgan fingerprint density at radius 1 is 1.22 bits per heavy atom. The summed E-state index contributed by atoms with van der Waals surface area (Å²) in [7, 11) is -0.905. The van der Waals surface area contributed by atoms with Gasteiger partial charge in [0.05, 0.1) is 17.7 Å². The van der Waals surface area contributed by atoms with Crippen molar-refractivity contribution in [3.05, 3.63) is 53.6 Å². The summed E-state index contributed by atoms with van der Waals surface area (Å²) in [6.45, 7) is 5.66. The summed E-state index contributed by atoms with van der Waals surface area (Å²) in [5, 5.41) is 2.88. The van der Waals surface area contributed by atoms with Crippen LogP contribution in [-0.2, 0) is 10.0 Å². The number of nitrogens with one attached hydrogen (secondary N) is 1. The lowest BCUT2D eigenvalue weighted by atomic mass is 10.1. The first kappa shape index (κ1) is 20.8. The summed E-state index contributed by atoms with van der Waals surface area (Å²) in [4.78, 5) is 12.6. The van der Waals surface area contributed by atoms with E-state index in [1.54, 1.807) is 37.3 Å². The van der Waals surface area contributed by atoms with Gasteiger partial charge in [0.1, 0.15) is 5.75 Å². The predicted molar refractivity (Wildman–Crippen MR) is 107 cm³/mol. The third kappa shape index (κ3) is 4.42. The average Bonchev–Trinajstić information content (AvgIpc) is 2.67. The number of nitrogens with zero attached hydrogens (tertiary/aromatic N) is 1. The minimum atomic E-state index is -3.86. The smallest absolute Gasteiger partial charge is 0.264 e. The fraction of sp³-hybridized carbons (Fsp3) is 0.350. The number of sulfonamides is 1. The van der Waals surface area contributed by atoms with Gasteiger partial charge in [-0.1, -0.05) is 25.1 Å². The third-order valence-corrected chi connectivity index (χ3v) is 6.29. The topological polar surface area (TPSA) is 75.7 Å². The van der Waals surface area contributed by atoms with Crippen LogP contribution >= 0.6 is 0 Å². The number of anilines is 1. The normalized spacial score (nSPS) is 12.3. The second-order valence-corrected chi connectivity index (χ2v) is 8.37. The second-order valence-electron chi connectivity index (χ2n) is 6.40. The standard InChI is InChI=1S/C20H26N2O4S/c1-6-15(3)21-20(23)17-13-16(12-11-14(17)2)27(24,25)22(4)18-9-7-8-10-19(18)26-5/h7-13,15H,6H2,1-5H3,(H,21,23). The SMILES string of the molecule is CCC(C)NC(=O)c1cc(S(=O)(=O)N(C)c2ccccc2OC)ccc1C. The van der Waals surface area contributed by atoms with Crippen molar-refractivity contribution >= 4 is 21.6 Å². The average molecular weight is 391 g/mol. The van der Waals surface area contributed by atoms with Crippen molar-refractivity contribution in [1.82, 2.24) is 5.32 Å². The maximum atomic E-state index is 13.1. The van der Waals surface area contributed by atoms with E-state index >= 15 is 0 Å². The monoisotopic (exact) mass is 390 g/mol. The zero-order valence-electron chi connectivity index (χ0n) is 16.3. The molecule has 6 nitrogen and oxygen atoms in total. The highest BCUT2D eigenvalue weighted by atomic mass is 32.2. The lowest BCUT2D eigenvalue weighted by Crippen LogP contribution is -2.33. The molecule has 0 saturated carbocycles. The van der Waals surface area contributed by atoms with Crippen LogP contribution in [0.2, 0.25) is 0 Å². The van der Waals surface area contributed by atoms with Crippen LogP contribution in [0.4, 0.5) is 5.69 Å². The van der Waals surface area contributed by atoms with Crippen LogP contribution in [0, 0.1) is 6.92 Å². The van der Waals surface area contributed by atoms with Gasteiger partial charge in [-0.25, -0.2) is 8.42 Å². The minimum Gasteiger partial charge on any atom is -0.495 e. The molecular formula is C20H26N2O4S. The van der Waals surface area contributed by atoms with Crippen molar-refractivity contribution < 1.29 is 17.9 Å². The van der Waals surface area contributed by atoms with E-state index in [-0.39, 0.29) is 16.8 Å². The molecule has 146 valence electrons. The largest absolute Gasteiger partial charge is 0.495 e. The van der Waals surface area contributed by atoms with Crippen LogP contribution in [0.25, 0.3) is 0 Å². The van der Waals surface area contributed by atoms with Gasteiger partial charge in [0.15, 0.2) is 0 Å². The van der Waals surface area contributed by atoms with Crippen molar-refractivity contribution in [2.24, 2.45) is 0 Å². The Labute approximate surface area is 161 Å². The molecule has 1 amide bonds. The summed E-state index contributed by atoms with van der Waals surface area (Å²) in [5.74, 6) is 0.171. The van der Waals surface area contributed by atoms with E-state index in [2.05, 4.69) is 5.32 Å². The second kappa shape index (κ2) is 8.43. The van der Waals surface area contributed by atoms with E-state index in [9.17, 15) is 13.2 Å². The van der Waals surface area contributed by atoms with Crippen LogP contribution in [0.5, 0.6) is 5.75 Å². The summed E-state index contributed by atoms with van der Waals surface area (Å²) >= 11 is 0. The van der Waals surface area contributed by atoms with E-state index in [1.807, 2.05) is 13.8 Å². The van der Waals surface area contributed by atoms with Gasteiger partial charge in [-0.3, -0.25) is 9.10 Å². The van der Waals surface area contributed by atoms with Gasteiger partial charge in [-0.15, -0.1) is 0 Å². The predicted octanol–water partition coefficient (Wildman–Crippen LogP) is 3.36. The molecule has 0 fully saturated rings. The number of carbonyl (C=O) groups excluding carboxylic acids is 1. The zero-order chi connectivity index (χ0) is 20.2. The fourth-order valence-electron chi connectivity index (χ4n) is 2.59. The lowest BCUT2D eigenvalue weighted by molar-refractivity contribution is 0.0938. The number of hydrogen-bond donors (Lipinski definition) is 1. The Bertz CT molecular complexity index is 925. The van der Waals surface area contributed by atoms with E-state index in [0.29, 0.717) is 17.0 Å². The van der Waals surface area contributed by atoms with Crippen molar-refractivity contribution in [2.45, 2.75) is 38.1 Å². The molecule has 1 N–H and O–H groups in total. The summed E-state index contributed by atoms with van der Waals surface area (Å²) in [6, 6.07) is 11.5. The highest BCUT2D eigenvalue weighted by Crippen LogP contribution is 2.31. The van der Waals surface area contributed by atoms with Crippen LogP contribution in [0.3, 0.4) is 0 Å². The third-order valence-electron chi connectivity index (χ3n) is 4.53. The number of methoxy groups -OCH3 is 1. The van der Waals surface area contributed by atoms with Crippen LogP contribution in [0.1, 0.15) is 36.2 Å². The Morgan fingerprint density at radius 3 is 2.52 bits per heavy atom. The van der Waals surface area contributed by atoms with Gasteiger partial charge >= 0.3 is 0 Å². The highest BCUT2D eigenvalue weighted by molar-refractivity contribution is 7.92. The molecule has 0 bridgehead atoms. The number of amides is 1. The Kier molecular flexibility index (Phi) is 6.49. The summed E-state index contributed by atoms with van der Waals surface area (Å²) in [6.07, 6.45) is 0.791. The zero-order valence-corrected chi connectivity index (χ0v) is 17.1. The molecule has 0 radical (unpaired) electrons. The van der Waals surface area contributed by atoms with Gasteiger partial charge < -0.3 is 10.1 Å². The number of aryl methyl sites for hydroxylation is 1. The summed E-state index contributed by atoms with van der Waals surface area (Å²) in [5.41, 5.74) is 1.49. The van der Waals surface area contributed by atoms with Gasteiger partial charge in [0, 0.05) is 18.7 Å². The summed E-state index contributed by atoms with van der Waals surface area (Å²) < 4.78 is 32.6. The van der Waals surface area contributed by atoms with E-state index < -0.39 is 10.0 Å². The molecule has 0 aliphatic carbocycles. The molecule has 1 unspecified atom stereocenters. The van der Waals surface area contributed by atoms with Crippen molar-refractivity contribution in [3.8, 4) is 5.75 Å². The minimum absolute atomic E-state index is 0.00779. The Hall–Kier alpha value is -2.54. The van der Waals surface area contributed by atoms with Crippen molar-refractivity contribution in [3.63, 3.8) is 0 Å². The molecule has 0 aromatic heterocycles. The molecule has 0 heterocycles. The van der Waals surface area contributed by atoms with Crippen LogP contribution < -0.4 is 14.4 Å². The molecule has 7 heteroatoms. The van der Waals surface area contributed by atoms with Gasteiger partial charge in [0.2, 0.25) is 0 Å². The first-order valence-corrected chi connectivity index (χ1v) is 10.2. The fourth-order valence-corrected chi connectivity index (χ4v) is 3.82. The van der Waals surface area contributed by atoms with E-state index in [1.165, 1.54) is 26.3 Å². The maximum Gasteiger partial charge on any atom is 0.264 e. The van der Waals surface area contributed by atoms with Gasteiger partial charge in [0.25, 0.3) is 15.9 Å². The first-order chi connectivity index (χ1) is 12.7. The van der Waals surface area contributed by atoms with E-state index in [0.717, 1.165) is 16.3 Å². The Morgan fingerprint density at radius 2 is 1.89 bits per heavy atom. The number of hydrogen-bond acceptors (Lipinski definition) is 4. The lowest BCUT2D eigenvalue weighted by Gasteiger charge is -2.22. The van der Waals surface area contributed by atoms with Crippen LogP contribution in [-0.4, -0.2) is 34.5 Å². The molecule has 2 aromatic rings. The number of ether oxygens (including phenoxy) is 1. The Balaban J connectivity index is 2.44. The number of carbonyl (C=O) groups is 1. The molecule has 2 aromatic carbocycles. The van der Waals surface area contributed by atoms with Crippen molar-refractivity contribution in [2.75, 3.05) is 18.5 Å². The quantitative estimate of drug-likeness (QED) is 0.787. The molecule has 0 aliphatic heterocycles. The molecule has 27 heavy (non-hydrogen) atoms. The molecule has 0 aliphatic rings. The van der Waals surface area contributed by atoms with Gasteiger partial charge in [-0.2, -0.15) is 0 Å².